The van der Waals surface area contributed by atoms with Crippen molar-refractivity contribution in [1.29, 1.82) is 0 Å². The fraction of sp³-hybridized carbons (Fsp3) is 0.355. The molecule has 1 heterocycles. The Bertz CT molecular complexity index is 1160. The predicted octanol–water partition coefficient (Wildman–Crippen LogP) is 5.77. The van der Waals surface area contributed by atoms with Crippen molar-refractivity contribution in [2.75, 3.05) is 26.2 Å². The summed E-state index contributed by atoms with van der Waals surface area (Å²) in [4.78, 5) is 31.1. The van der Waals surface area contributed by atoms with Gasteiger partial charge in [-0.05, 0) is 68.9 Å². The van der Waals surface area contributed by atoms with Gasteiger partial charge in [0.1, 0.15) is 12.4 Å². The number of carbonyl (C=O) groups excluding carboxylic acids is 2. The summed E-state index contributed by atoms with van der Waals surface area (Å²) in [6.45, 7) is 6.30. The molecule has 5 heteroatoms. The van der Waals surface area contributed by atoms with E-state index in [0.717, 1.165) is 36.0 Å². The first-order valence-corrected chi connectivity index (χ1v) is 13.0. The first-order chi connectivity index (χ1) is 17.6. The van der Waals surface area contributed by atoms with Crippen LogP contribution in [0.15, 0.2) is 78.9 Å². The van der Waals surface area contributed by atoms with E-state index >= 15 is 0 Å². The average molecular weight is 485 g/mol. The SMILES string of the molecule is CCN1CCCCCN(C(=O)c2ccccc2C)[C@@H](Cc2ccccc2)COc2ccccc2C1=O. The number of amides is 2. The molecule has 4 rings (SSSR count). The molecule has 36 heavy (non-hydrogen) atoms. The number of nitrogens with zero attached hydrogens (tertiary/aromatic N) is 2. The lowest BCUT2D eigenvalue weighted by atomic mass is 10.0. The van der Waals surface area contributed by atoms with Crippen LogP contribution in [0.25, 0.3) is 0 Å². The number of fused-ring (bicyclic) bond motifs is 1. The molecule has 1 atom stereocenters. The molecule has 1 aliphatic rings. The zero-order valence-corrected chi connectivity index (χ0v) is 21.4. The van der Waals surface area contributed by atoms with E-state index in [1.165, 1.54) is 0 Å². The molecule has 0 bridgehead atoms. The smallest absolute Gasteiger partial charge is 0.257 e. The second-order valence-electron chi connectivity index (χ2n) is 9.41. The van der Waals surface area contributed by atoms with E-state index in [2.05, 4.69) is 12.1 Å². The third-order valence-electron chi connectivity index (χ3n) is 6.94. The highest BCUT2D eigenvalue weighted by molar-refractivity contribution is 5.97. The molecule has 0 fully saturated rings. The number of hydrogen-bond donors (Lipinski definition) is 0. The Labute approximate surface area is 214 Å². The Morgan fingerprint density at radius 1 is 0.889 bits per heavy atom. The van der Waals surface area contributed by atoms with Crippen LogP contribution in [0.2, 0.25) is 0 Å². The molecule has 188 valence electrons. The van der Waals surface area contributed by atoms with E-state index in [0.29, 0.717) is 44.0 Å². The molecule has 5 nitrogen and oxygen atoms in total. The number of carbonyl (C=O) groups is 2. The minimum atomic E-state index is -0.175. The summed E-state index contributed by atoms with van der Waals surface area (Å²) in [5.74, 6) is 0.605. The van der Waals surface area contributed by atoms with Gasteiger partial charge >= 0.3 is 0 Å². The van der Waals surface area contributed by atoms with Crippen molar-refractivity contribution in [3.05, 3.63) is 101 Å². The van der Waals surface area contributed by atoms with Gasteiger partial charge in [-0.3, -0.25) is 9.59 Å². The summed E-state index contributed by atoms with van der Waals surface area (Å²) >= 11 is 0. The molecule has 3 aromatic rings. The average Bonchev–Trinajstić information content (AvgIpc) is 2.92. The highest BCUT2D eigenvalue weighted by Crippen LogP contribution is 2.24. The van der Waals surface area contributed by atoms with Crippen molar-refractivity contribution in [3.63, 3.8) is 0 Å². The summed E-state index contributed by atoms with van der Waals surface area (Å²) < 4.78 is 6.35. The molecule has 0 aliphatic carbocycles. The number of benzene rings is 3. The maximum atomic E-state index is 13.9. The highest BCUT2D eigenvalue weighted by atomic mass is 16.5. The zero-order valence-electron chi connectivity index (χ0n) is 21.4. The Hall–Kier alpha value is -3.60. The highest BCUT2D eigenvalue weighted by Gasteiger charge is 2.28. The first-order valence-electron chi connectivity index (χ1n) is 13.0. The van der Waals surface area contributed by atoms with Crippen molar-refractivity contribution in [2.24, 2.45) is 0 Å². The molecule has 0 aromatic heterocycles. The largest absolute Gasteiger partial charge is 0.491 e. The van der Waals surface area contributed by atoms with Crippen molar-refractivity contribution in [2.45, 2.75) is 45.6 Å². The van der Waals surface area contributed by atoms with Crippen LogP contribution in [0, 0.1) is 6.92 Å². The quantitative estimate of drug-likeness (QED) is 0.472. The van der Waals surface area contributed by atoms with Gasteiger partial charge in [-0.15, -0.1) is 0 Å². The van der Waals surface area contributed by atoms with Crippen LogP contribution in [0.4, 0.5) is 0 Å². The van der Waals surface area contributed by atoms with Crippen LogP contribution < -0.4 is 4.74 Å². The third-order valence-corrected chi connectivity index (χ3v) is 6.94. The first kappa shape index (κ1) is 25.5. The van der Waals surface area contributed by atoms with Gasteiger partial charge in [0, 0.05) is 25.2 Å². The lowest BCUT2D eigenvalue weighted by Crippen LogP contribution is -2.46. The Balaban J connectivity index is 1.71. The van der Waals surface area contributed by atoms with Crippen molar-refractivity contribution in [3.8, 4) is 5.75 Å². The number of ether oxygens (including phenoxy) is 1. The second kappa shape index (κ2) is 12.4. The van der Waals surface area contributed by atoms with E-state index in [-0.39, 0.29) is 17.9 Å². The number of hydrogen-bond acceptors (Lipinski definition) is 3. The predicted molar refractivity (Wildman–Crippen MR) is 144 cm³/mol. The minimum absolute atomic E-state index is 0.000186. The normalized spacial score (nSPS) is 17.3. The monoisotopic (exact) mass is 484 g/mol. The van der Waals surface area contributed by atoms with Gasteiger partial charge < -0.3 is 14.5 Å². The number of para-hydroxylation sites is 1. The molecular formula is C31H36N2O3. The van der Waals surface area contributed by atoms with Crippen molar-refractivity contribution >= 4 is 11.8 Å². The lowest BCUT2D eigenvalue weighted by molar-refractivity contribution is 0.0604. The fourth-order valence-corrected chi connectivity index (χ4v) is 4.85. The van der Waals surface area contributed by atoms with Gasteiger partial charge in [0.2, 0.25) is 0 Å². The summed E-state index contributed by atoms with van der Waals surface area (Å²) in [6, 6.07) is 25.3. The molecule has 0 saturated heterocycles. The molecule has 0 N–H and O–H groups in total. The molecule has 0 spiro atoms. The summed E-state index contributed by atoms with van der Waals surface area (Å²) in [5.41, 5.74) is 3.43. The standard InChI is InChI=1S/C31H36N2O3/c1-3-32-20-12-5-13-21-33(31(35)27-17-9-8-14-24(27)2)26(22-25-15-6-4-7-16-25)23-36-29-19-11-10-18-28(29)30(32)34/h4,6-11,14-19,26H,3,5,12-13,20-23H2,1-2H3/t26-/m0/s1. The Kier molecular flexibility index (Phi) is 8.77. The Morgan fingerprint density at radius 2 is 1.58 bits per heavy atom. The number of rotatable bonds is 4. The molecule has 2 amide bonds. The number of aryl methyl sites for hydroxylation is 1. The fourth-order valence-electron chi connectivity index (χ4n) is 4.85. The molecule has 1 aliphatic heterocycles. The van der Waals surface area contributed by atoms with Crippen LogP contribution in [0.3, 0.4) is 0 Å². The third kappa shape index (κ3) is 6.14. The van der Waals surface area contributed by atoms with E-state index in [1.54, 1.807) is 0 Å². The second-order valence-corrected chi connectivity index (χ2v) is 9.41. The molecule has 3 aromatic carbocycles. The maximum Gasteiger partial charge on any atom is 0.257 e. The van der Waals surface area contributed by atoms with Crippen LogP contribution in [0.5, 0.6) is 5.75 Å². The van der Waals surface area contributed by atoms with Crippen LogP contribution in [-0.2, 0) is 6.42 Å². The molecule has 0 radical (unpaired) electrons. The van der Waals surface area contributed by atoms with E-state index in [4.69, 9.17) is 4.74 Å². The van der Waals surface area contributed by atoms with Gasteiger partial charge in [-0.1, -0.05) is 60.7 Å². The summed E-state index contributed by atoms with van der Waals surface area (Å²) in [7, 11) is 0. The molecule has 0 saturated carbocycles. The van der Waals surface area contributed by atoms with Gasteiger partial charge in [0.25, 0.3) is 11.8 Å². The summed E-state index contributed by atoms with van der Waals surface area (Å²) in [6.07, 6.45) is 3.40. The molecular weight excluding hydrogens is 448 g/mol. The van der Waals surface area contributed by atoms with Gasteiger partial charge in [0.15, 0.2) is 0 Å². The maximum absolute atomic E-state index is 13.9. The van der Waals surface area contributed by atoms with Crippen molar-refractivity contribution < 1.29 is 14.3 Å². The van der Waals surface area contributed by atoms with Gasteiger partial charge in [0.05, 0.1) is 11.6 Å². The van der Waals surface area contributed by atoms with Gasteiger partial charge in [-0.25, -0.2) is 0 Å². The van der Waals surface area contributed by atoms with Crippen LogP contribution >= 0.6 is 0 Å². The Morgan fingerprint density at radius 3 is 2.36 bits per heavy atom. The van der Waals surface area contributed by atoms with E-state index in [9.17, 15) is 9.59 Å². The van der Waals surface area contributed by atoms with Crippen LogP contribution in [-0.4, -0.2) is 53.9 Å². The molecule has 0 unspecified atom stereocenters. The van der Waals surface area contributed by atoms with E-state index < -0.39 is 0 Å². The summed E-state index contributed by atoms with van der Waals surface area (Å²) in [5, 5.41) is 0. The van der Waals surface area contributed by atoms with E-state index in [1.807, 2.05) is 90.4 Å². The minimum Gasteiger partial charge on any atom is -0.491 e. The zero-order chi connectivity index (χ0) is 25.3. The van der Waals surface area contributed by atoms with Gasteiger partial charge in [-0.2, -0.15) is 0 Å². The topological polar surface area (TPSA) is 49.9 Å². The lowest BCUT2D eigenvalue weighted by Gasteiger charge is -2.33. The van der Waals surface area contributed by atoms with Crippen LogP contribution in [0.1, 0.15) is 58.0 Å². The van der Waals surface area contributed by atoms with Crippen molar-refractivity contribution in [1.82, 2.24) is 9.80 Å².